The van der Waals surface area contributed by atoms with Crippen LogP contribution in [0.2, 0.25) is 5.02 Å². The highest BCUT2D eigenvalue weighted by Gasteiger charge is 2.24. The molecule has 0 spiro atoms. The Balaban J connectivity index is 1.52. The number of aromatic nitrogens is 2. The highest BCUT2D eigenvalue weighted by molar-refractivity contribution is 6.33. The predicted octanol–water partition coefficient (Wildman–Crippen LogP) is 3.20. The van der Waals surface area contributed by atoms with E-state index in [1.54, 1.807) is 6.07 Å². The van der Waals surface area contributed by atoms with E-state index in [9.17, 15) is 9.18 Å². The van der Waals surface area contributed by atoms with E-state index in [-0.39, 0.29) is 16.9 Å². The maximum absolute atomic E-state index is 14.0. The normalized spacial score (nSPS) is 18.3. The lowest BCUT2D eigenvalue weighted by Gasteiger charge is -2.33. The molecule has 0 bridgehead atoms. The topological polar surface area (TPSA) is 110 Å². The molecule has 0 aliphatic carbocycles. The van der Waals surface area contributed by atoms with E-state index in [1.165, 1.54) is 12.3 Å². The highest BCUT2D eigenvalue weighted by atomic mass is 35.5. The molecule has 2 aliphatic rings. The van der Waals surface area contributed by atoms with Gasteiger partial charge in [0.05, 0.1) is 31.6 Å². The van der Waals surface area contributed by atoms with Crippen molar-refractivity contribution in [3.8, 4) is 0 Å². The summed E-state index contributed by atoms with van der Waals surface area (Å²) in [5.41, 5.74) is 11.1. The lowest BCUT2D eigenvalue weighted by Crippen LogP contribution is -2.37. The number of nitrogens with zero attached hydrogens (tertiary/aromatic N) is 4. The first-order chi connectivity index (χ1) is 16.0. The number of morpholine rings is 1. The summed E-state index contributed by atoms with van der Waals surface area (Å²) in [6.45, 7) is 6.59. The van der Waals surface area contributed by atoms with Gasteiger partial charge in [0, 0.05) is 44.3 Å². The largest absolute Gasteiger partial charge is 0.380 e. The van der Waals surface area contributed by atoms with Gasteiger partial charge < -0.3 is 15.0 Å². The third-order valence-electron chi connectivity index (χ3n) is 6.03. The first kappa shape index (κ1) is 23.3. The molecular formula is C22H27ClFN7O2. The second-order valence-electron chi connectivity index (χ2n) is 8.20. The van der Waals surface area contributed by atoms with Crippen molar-refractivity contribution in [2.45, 2.75) is 25.9 Å². The Hall–Kier alpha value is -2.82. The van der Waals surface area contributed by atoms with Gasteiger partial charge in [0.1, 0.15) is 16.5 Å². The quantitative estimate of drug-likeness (QED) is 0.530. The molecular weight excluding hydrogens is 449 g/mol. The van der Waals surface area contributed by atoms with Crippen LogP contribution in [0, 0.1) is 11.3 Å². The van der Waals surface area contributed by atoms with Gasteiger partial charge in [0.15, 0.2) is 0 Å². The Morgan fingerprint density at radius 3 is 2.91 bits per heavy atom. The minimum atomic E-state index is -0.454. The van der Waals surface area contributed by atoms with Gasteiger partial charge in [-0.1, -0.05) is 17.7 Å². The molecule has 0 radical (unpaired) electrons. The van der Waals surface area contributed by atoms with Crippen LogP contribution in [0.1, 0.15) is 30.5 Å². The molecule has 176 valence electrons. The SMILES string of the molecule is C[C@@H](NC1=C(N=N)CN(c2cn[nH]c(=O)c2Cl)CC1)c1ccc(F)cc1CN1CCOCC1. The Morgan fingerprint density at radius 1 is 1.36 bits per heavy atom. The second kappa shape index (κ2) is 10.4. The monoisotopic (exact) mass is 475 g/mol. The molecule has 3 heterocycles. The molecule has 1 saturated heterocycles. The number of H-pyrrole nitrogens is 1. The van der Waals surface area contributed by atoms with Crippen LogP contribution in [0.15, 0.2) is 45.7 Å². The summed E-state index contributed by atoms with van der Waals surface area (Å²) in [6.07, 6.45) is 2.09. The Morgan fingerprint density at radius 2 is 2.15 bits per heavy atom. The number of hydrogen-bond donors (Lipinski definition) is 3. The number of rotatable bonds is 7. The molecule has 4 rings (SSSR count). The van der Waals surface area contributed by atoms with Crippen molar-refractivity contribution in [2.75, 3.05) is 44.3 Å². The van der Waals surface area contributed by atoms with Crippen LogP contribution < -0.4 is 15.8 Å². The number of halogens is 2. The second-order valence-corrected chi connectivity index (χ2v) is 8.58. The van der Waals surface area contributed by atoms with Gasteiger partial charge in [-0.2, -0.15) is 10.2 Å². The first-order valence-electron chi connectivity index (χ1n) is 10.9. The van der Waals surface area contributed by atoms with Gasteiger partial charge in [-0.25, -0.2) is 15.0 Å². The molecule has 0 saturated carbocycles. The number of hydrogen-bond acceptors (Lipinski definition) is 8. The zero-order valence-electron chi connectivity index (χ0n) is 18.4. The van der Waals surface area contributed by atoms with E-state index >= 15 is 0 Å². The molecule has 2 aromatic rings. The zero-order valence-corrected chi connectivity index (χ0v) is 19.2. The zero-order chi connectivity index (χ0) is 23.4. The molecule has 1 aromatic heterocycles. The van der Waals surface area contributed by atoms with Crippen LogP contribution in [-0.4, -0.2) is 54.5 Å². The van der Waals surface area contributed by atoms with E-state index in [0.29, 0.717) is 50.7 Å². The minimum Gasteiger partial charge on any atom is -0.380 e. The molecule has 9 nitrogen and oxygen atoms in total. The fraction of sp³-hybridized carbons (Fsp3) is 0.455. The van der Waals surface area contributed by atoms with E-state index in [2.05, 4.69) is 25.5 Å². The molecule has 0 unspecified atom stereocenters. The van der Waals surface area contributed by atoms with Crippen LogP contribution in [0.3, 0.4) is 0 Å². The van der Waals surface area contributed by atoms with Crippen LogP contribution in [0.5, 0.6) is 0 Å². The van der Waals surface area contributed by atoms with E-state index in [4.69, 9.17) is 21.9 Å². The predicted molar refractivity (Wildman–Crippen MR) is 123 cm³/mol. The molecule has 11 heteroatoms. The number of aromatic amines is 1. The molecule has 0 amide bonds. The molecule has 3 N–H and O–H groups in total. The maximum Gasteiger partial charge on any atom is 0.285 e. The van der Waals surface area contributed by atoms with Crippen LogP contribution in [0.4, 0.5) is 10.1 Å². The van der Waals surface area contributed by atoms with Gasteiger partial charge in [0.25, 0.3) is 5.56 Å². The summed E-state index contributed by atoms with van der Waals surface area (Å²) in [5, 5.41) is 13.4. The van der Waals surface area contributed by atoms with Gasteiger partial charge in [-0.3, -0.25) is 9.69 Å². The summed E-state index contributed by atoms with van der Waals surface area (Å²) in [6, 6.07) is 4.78. The van der Waals surface area contributed by atoms with Crippen molar-refractivity contribution in [2.24, 2.45) is 5.11 Å². The number of benzene rings is 1. The highest BCUT2D eigenvalue weighted by Crippen LogP contribution is 2.29. The maximum atomic E-state index is 14.0. The number of ether oxygens (including phenoxy) is 1. The number of nitrogens with one attached hydrogen (secondary N) is 3. The summed E-state index contributed by atoms with van der Waals surface area (Å²) in [4.78, 5) is 15.9. The standard InChI is InChI=1S/C22H27ClFN7O2/c1-14(17-3-2-16(24)10-15(17)12-30-6-8-33-9-7-30)27-18-4-5-31(13-19(18)28-25)20-11-26-29-22(32)21(20)23/h2-3,10-11,14,25,27H,4-9,12-13H2,1H3,(H,29,32)/t14-/m1/s1. The lowest BCUT2D eigenvalue weighted by atomic mass is 9.99. The van der Waals surface area contributed by atoms with Gasteiger partial charge in [0.2, 0.25) is 0 Å². The van der Waals surface area contributed by atoms with Gasteiger partial charge in [-0.05, 0) is 30.2 Å². The lowest BCUT2D eigenvalue weighted by molar-refractivity contribution is 0.0340. The summed E-state index contributed by atoms with van der Waals surface area (Å²) >= 11 is 6.15. The Kier molecular flexibility index (Phi) is 7.36. The fourth-order valence-corrected chi connectivity index (χ4v) is 4.49. The Bertz CT molecular complexity index is 1100. The van der Waals surface area contributed by atoms with Gasteiger partial charge in [-0.15, -0.1) is 0 Å². The Labute approximate surface area is 196 Å². The fourth-order valence-electron chi connectivity index (χ4n) is 4.28. The van der Waals surface area contributed by atoms with Crippen molar-refractivity contribution < 1.29 is 9.13 Å². The van der Waals surface area contributed by atoms with E-state index in [0.717, 1.165) is 29.9 Å². The van der Waals surface area contributed by atoms with E-state index < -0.39 is 5.56 Å². The molecule has 1 aromatic carbocycles. The molecule has 1 fully saturated rings. The van der Waals surface area contributed by atoms with Crippen molar-refractivity contribution in [3.63, 3.8) is 0 Å². The first-order valence-corrected chi connectivity index (χ1v) is 11.3. The van der Waals surface area contributed by atoms with Crippen LogP contribution in [-0.2, 0) is 11.3 Å². The average Bonchev–Trinajstić information content (AvgIpc) is 2.82. The van der Waals surface area contributed by atoms with Crippen LogP contribution in [0.25, 0.3) is 0 Å². The van der Waals surface area contributed by atoms with Crippen LogP contribution >= 0.6 is 11.6 Å². The number of anilines is 1. The van der Waals surface area contributed by atoms with Crippen molar-refractivity contribution in [1.82, 2.24) is 20.4 Å². The van der Waals surface area contributed by atoms with Gasteiger partial charge >= 0.3 is 0 Å². The summed E-state index contributed by atoms with van der Waals surface area (Å²) < 4.78 is 19.5. The summed E-state index contributed by atoms with van der Waals surface area (Å²) in [5.74, 6) is -0.257. The average molecular weight is 476 g/mol. The van der Waals surface area contributed by atoms with Crippen molar-refractivity contribution >= 4 is 17.3 Å². The smallest absolute Gasteiger partial charge is 0.285 e. The summed E-state index contributed by atoms with van der Waals surface area (Å²) in [7, 11) is 0. The third kappa shape index (κ3) is 5.40. The minimum absolute atomic E-state index is 0.0678. The molecule has 2 aliphatic heterocycles. The molecule has 1 atom stereocenters. The molecule has 33 heavy (non-hydrogen) atoms. The van der Waals surface area contributed by atoms with E-state index in [1.807, 2.05) is 17.9 Å². The van der Waals surface area contributed by atoms with Crippen molar-refractivity contribution in [1.29, 1.82) is 5.53 Å². The van der Waals surface area contributed by atoms with Crippen molar-refractivity contribution in [3.05, 3.63) is 68.1 Å². The third-order valence-corrected chi connectivity index (χ3v) is 6.40.